The van der Waals surface area contributed by atoms with Crippen molar-refractivity contribution in [1.82, 2.24) is 9.80 Å². The minimum atomic E-state index is -0.186. The highest BCUT2D eigenvalue weighted by molar-refractivity contribution is 6.02. The van der Waals surface area contributed by atoms with Crippen molar-refractivity contribution in [3.63, 3.8) is 0 Å². The van der Waals surface area contributed by atoms with Crippen LogP contribution in [0.15, 0.2) is 30.3 Å². The van der Waals surface area contributed by atoms with E-state index < -0.39 is 0 Å². The van der Waals surface area contributed by atoms with Crippen LogP contribution in [0.5, 0.6) is 0 Å². The molecule has 90 valence electrons. The zero-order chi connectivity index (χ0) is 12.4. The average molecular weight is 232 g/mol. The highest BCUT2D eigenvalue weighted by Gasteiger charge is 2.36. The van der Waals surface area contributed by atoms with Gasteiger partial charge in [-0.05, 0) is 19.4 Å². The van der Waals surface area contributed by atoms with Gasteiger partial charge in [0.25, 0.3) is 5.91 Å². The third-order valence-electron chi connectivity index (χ3n) is 2.89. The molecule has 1 aliphatic rings. The van der Waals surface area contributed by atoms with E-state index in [-0.39, 0.29) is 24.5 Å². The van der Waals surface area contributed by atoms with Crippen LogP contribution in [0.1, 0.15) is 19.4 Å². The molecule has 1 aliphatic heterocycles. The number of carbonyl (C=O) groups excluding carboxylic acids is 2. The second-order valence-electron chi connectivity index (χ2n) is 4.47. The number of imide groups is 1. The second-order valence-corrected chi connectivity index (χ2v) is 4.47. The van der Waals surface area contributed by atoms with Gasteiger partial charge in [-0.25, -0.2) is 4.79 Å². The predicted molar refractivity (Wildman–Crippen MR) is 64.2 cm³/mol. The second kappa shape index (κ2) is 4.57. The van der Waals surface area contributed by atoms with Crippen LogP contribution >= 0.6 is 0 Å². The Morgan fingerprint density at radius 3 is 2.35 bits per heavy atom. The van der Waals surface area contributed by atoms with E-state index in [0.717, 1.165) is 5.56 Å². The van der Waals surface area contributed by atoms with Gasteiger partial charge in [-0.2, -0.15) is 0 Å². The number of hydrogen-bond donors (Lipinski definition) is 0. The molecule has 0 atom stereocenters. The van der Waals surface area contributed by atoms with Gasteiger partial charge in [-0.1, -0.05) is 30.3 Å². The normalized spacial score (nSPS) is 16.2. The first-order chi connectivity index (χ1) is 8.09. The summed E-state index contributed by atoms with van der Waals surface area (Å²) in [4.78, 5) is 26.7. The van der Waals surface area contributed by atoms with Crippen molar-refractivity contribution in [1.29, 1.82) is 0 Å². The summed E-state index contributed by atoms with van der Waals surface area (Å²) in [6.07, 6.45) is 0. The Morgan fingerprint density at radius 1 is 1.18 bits per heavy atom. The first-order valence-corrected chi connectivity index (χ1v) is 5.74. The zero-order valence-electron chi connectivity index (χ0n) is 10.1. The standard InChI is InChI=1S/C13H16N2O2/c1-10(2)14-9-12(16)15(13(14)17)8-11-6-4-3-5-7-11/h3-7,10H,8-9H2,1-2H3. The Balaban J connectivity index is 2.12. The van der Waals surface area contributed by atoms with Gasteiger partial charge >= 0.3 is 6.03 Å². The van der Waals surface area contributed by atoms with Gasteiger partial charge in [0.1, 0.15) is 6.54 Å². The molecule has 17 heavy (non-hydrogen) atoms. The van der Waals surface area contributed by atoms with E-state index in [1.54, 1.807) is 4.90 Å². The lowest BCUT2D eigenvalue weighted by atomic mass is 10.2. The van der Waals surface area contributed by atoms with E-state index in [1.807, 2.05) is 44.2 Å². The third kappa shape index (κ3) is 2.30. The molecule has 0 aromatic heterocycles. The summed E-state index contributed by atoms with van der Waals surface area (Å²) in [5.74, 6) is -0.118. The van der Waals surface area contributed by atoms with Gasteiger partial charge in [-0.15, -0.1) is 0 Å². The Hall–Kier alpha value is -1.84. The highest BCUT2D eigenvalue weighted by atomic mass is 16.2. The lowest BCUT2D eigenvalue weighted by molar-refractivity contribution is -0.125. The summed E-state index contributed by atoms with van der Waals surface area (Å²) in [6.45, 7) is 4.39. The van der Waals surface area contributed by atoms with Crippen LogP contribution in [0.4, 0.5) is 4.79 Å². The first-order valence-electron chi connectivity index (χ1n) is 5.74. The SMILES string of the molecule is CC(C)N1CC(=O)N(Cc2ccccc2)C1=O. The first kappa shape index (κ1) is 11.6. The maximum atomic E-state index is 12.0. The smallest absolute Gasteiger partial charge is 0.313 e. The molecule has 0 aliphatic carbocycles. The molecule has 1 aromatic carbocycles. The van der Waals surface area contributed by atoms with Crippen LogP contribution in [-0.4, -0.2) is 34.3 Å². The van der Waals surface area contributed by atoms with Crippen molar-refractivity contribution in [3.8, 4) is 0 Å². The summed E-state index contributed by atoms with van der Waals surface area (Å²) in [5.41, 5.74) is 0.972. The van der Waals surface area contributed by atoms with Crippen LogP contribution in [0.2, 0.25) is 0 Å². The fraction of sp³-hybridized carbons (Fsp3) is 0.385. The molecule has 1 aromatic rings. The summed E-state index contributed by atoms with van der Waals surface area (Å²) in [5, 5.41) is 0. The van der Waals surface area contributed by atoms with E-state index in [9.17, 15) is 9.59 Å². The Kier molecular flexibility index (Phi) is 3.13. The Labute approximate surface area is 101 Å². The molecule has 0 radical (unpaired) electrons. The molecule has 2 rings (SSSR count). The Bertz CT molecular complexity index is 428. The molecule has 0 unspecified atom stereocenters. The molecule has 0 bridgehead atoms. The number of amides is 3. The molecule has 1 saturated heterocycles. The number of hydrogen-bond acceptors (Lipinski definition) is 2. The van der Waals surface area contributed by atoms with E-state index in [1.165, 1.54) is 4.90 Å². The number of urea groups is 1. The highest BCUT2D eigenvalue weighted by Crippen LogP contribution is 2.16. The van der Waals surface area contributed by atoms with E-state index in [2.05, 4.69) is 0 Å². The molecule has 0 N–H and O–H groups in total. The van der Waals surface area contributed by atoms with E-state index in [4.69, 9.17) is 0 Å². The van der Waals surface area contributed by atoms with Gasteiger partial charge in [0, 0.05) is 6.04 Å². The molecule has 4 heteroatoms. The molecule has 3 amide bonds. The number of rotatable bonds is 3. The molecule has 0 spiro atoms. The lowest BCUT2D eigenvalue weighted by Gasteiger charge is -2.20. The molecule has 0 saturated carbocycles. The fourth-order valence-corrected chi connectivity index (χ4v) is 1.89. The Morgan fingerprint density at radius 2 is 1.82 bits per heavy atom. The molecule has 1 heterocycles. The van der Waals surface area contributed by atoms with E-state index in [0.29, 0.717) is 6.54 Å². The van der Waals surface area contributed by atoms with Crippen LogP contribution in [0.3, 0.4) is 0 Å². The molecular formula is C13H16N2O2. The zero-order valence-corrected chi connectivity index (χ0v) is 10.1. The minimum absolute atomic E-state index is 0.0622. The van der Waals surface area contributed by atoms with Gasteiger partial charge in [-0.3, -0.25) is 9.69 Å². The molecule has 4 nitrogen and oxygen atoms in total. The van der Waals surface area contributed by atoms with Crippen LogP contribution in [0.25, 0.3) is 0 Å². The van der Waals surface area contributed by atoms with Crippen molar-refractivity contribution in [2.24, 2.45) is 0 Å². The van der Waals surface area contributed by atoms with Crippen LogP contribution in [-0.2, 0) is 11.3 Å². The monoisotopic (exact) mass is 232 g/mol. The van der Waals surface area contributed by atoms with Crippen molar-refractivity contribution < 1.29 is 9.59 Å². The maximum Gasteiger partial charge on any atom is 0.327 e. The van der Waals surface area contributed by atoms with Crippen molar-refractivity contribution >= 4 is 11.9 Å². The van der Waals surface area contributed by atoms with Gasteiger partial charge in [0.2, 0.25) is 0 Å². The fourth-order valence-electron chi connectivity index (χ4n) is 1.89. The summed E-state index contributed by atoms with van der Waals surface area (Å²) in [7, 11) is 0. The van der Waals surface area contributed by atoms with Crippen LogP contribution in [0, 0.1) is 0 Å². The largest absolute Gasteiger partial charge is 0.327 e. The van der Waals surface area contributed by atoms with Gasteiger partial charge < -0.3 is 4.90 Å². The van der Waals surface area contributed by atoms with Crippen molar-refractivity contribution in [2.45, 2.75) is 26.4 Å². The van der Waals surface area contributed by atoms with Crippen LogP contribution < -0.4 is 0 Å². The number of carbonyl (C=O) groups is 2. The number of benzene rings is 1. The summed E-state index contributed by atoms with van der Waals surface area (Å²) >= 11 is 0. The van der Waals surface area contributed by atoms with Gasteiger partial charge in [0.05, 0.1) is 6.54 Å². The number of nitrogens with zero attached hydrogens (tertiary/aromatic N) is 2. The average Bonchev–Trinajstić information content (AvgIpc) is 2.58. The summed E-state index contributed by atoms with van der Waals surface area (Å²) in [6, 6.07) is 9.43. The summed E-state index contributed by atoms with van der Waals surface area (Å²) < 4.78 is 0. The van der Waals surface area contributed by atoms with E-state index >= 15 is 0 Å². The minimum Gasteiger partial charge on any atom is -0.313 e. The quantitative estimate of drug-likeness (QED) is 0.746. The molecule has 1 fully saturated rings. The predicted octanol–water partition coefficient (Wildman–Crippen LogP) is 1.86. The van der Waals surface area contributed by atoms with Gasteiger partial charge in [0.15, 0.2) is 0 Å². The molecular weight excluding hydrogens is 216 g/mol. The van der Waals surface area contributed by atoms with Crippen molar-refractivity contribution in [3.05, 3.63) is 35.9 Å². The van der Waals surface area contributed by atoms with Crippen molar-refractivity contribution in [2.75, 3.05) is 6.54 Å². The maximum absolute atomic E-state index is 12.0. The lowest BCUT2D eigenvalue weighted by Crippen LogP contribution is -2.36. The third-order valence-corrected chi connectivity index (χ3v) is 2.89. The topological polar surface area (TPSA) is 40.6 Å².